The molecule has 1 saturated carbocycles. The zero-order chi connectivity index (χ0) is 14.2. The summed E-state index contributed by atoms with van der Waals surface area (Å²) in [7, 11) is 0. The van der Waals surface area contributed by atoms with E-state index in [2.05, 4.69) is 11.4 Å². The van der Waals surface area contributed by atoms with E-state index < -0.39 is 6.10 Å². The van der Waals surface area contributed by atoms with Crippen LogP contribution in [-0.2, 0) is 11.3 Å². The first kappa shape index (κ1) is 15.0. The van der Waals surface area contributed by atoms with Gasteiger partial charge in [-0.2, -0.15) is 5.26 Å². The highest BCUT2D eigenvalue weighted by atomic mass is 16.5. The minimum Gasteiger partial charge on any atom is -0.389 e. The Morgan fingerprint density at radius 1 is 1.40 bits per heavy atom. The maximum absolute atomic E-state index is 9.85. The topological polar surface area (TPSA) is 65.3 Å². The summed E-state index contributed by atoms with van der Waals surface area (Å²) in [6.45, 7) is 1.55. The van der Waals surface area contributed by atoms with E-state index in [1.54, 1.807) is 6.07 Å². The molecular formula is C16H22N2O2. The Morgan fingerprint density at radius 3 is 2.95 bits per heavy atom. The van der Waals surface area contributed by atoms with Gasteiger partial charge in [0.2, 0.25) is 0 Å². The molecule has 4 heteroatoms. The van der Waals surface area contributed by atoms with E-state index in [0.717, 1.165) is 18.4 Å². The number of ether oxygens (including phenoxy) is 1. The molecule has 1 fully saturated rings. The number of nitrogens with zero attached hydrogens (tertiary/aromatic N) is 1. The summed E-state index contributed by atoms with van der Waals surface area (Å²) in [5, 5.41) is 21.9. The molecule has 1 atom stereocenters. The summed E-state index contributed by atoms with van der Waals surface area (Å²) in [6.07, 6.45) is 4.61. The van der Waals surface area contributed by atoms with E-state index in [1.165, 1.54) is 12.8 Å². The molecule has 1 aliphatic carbocycles. The van der Waals surface area contributed by atoms with Crippen molar-refractivity contribution in [3.63, 3.8) is 0 Å². The summed E-state index contributed by atoms with van der Waals surface area (Å²) in [6, 6.07) is 9.60. The monoisotopic (exact) mass is 274 g/mol. The summed E-state index contributed by atoms with van der Waals surface area (Å²) in [5.41, 5.74) is 1.71. The summed E-state index contributed by atoms with van der Waals surface area (Å²) in [4.78, 5) is 0. The van der Waals surface area contributed by atoms with Crippen molar-refractivity contribution in [1.82, 2.24) is 5.32 Å². The molecule has 0 spiro atoms. The van der Waals surface area contributed by atoms with Gasteiger partial charge in [0, 0.05) is 13.1 Å². The van der Waals surface area contributed by atoms with Gasteiger partial charge in [-0.1, -0.05) is 25.0 Å². The first-order chi connectivity index (χ1) is 9.78. The van der Waals surface area contributed by atoms with Crippen molar-refractivity contribution in [3.05, 3.63) is 35.4 Å². The van der Waals surface area contributed by atoms with Gasteiger partial charge >= 0.3 is 0 Å². The molecule has 4 nitrogen and oxygen atoms in total. The van der Waals surface area contributed by atoms with Crippen molar-refractivity contribution < 1.29 is 9.84 Å². The lowest BCUT2D eigenvalue weighted by Gasteiger charge is -2.16. The van der Waals surface area contributed by atoms with Gasteiger partial charge in [0.1, 0.15) is 0 Å². The maximum atomic E-state index is 9.85. The van der Waals surface area contributed by atoms with Crippen molar-refractivity contribution in [2.24, 2.45) is 0 Å². The fourth-order valence-corrected chi connectivity index (χ4v) is 2.50. The van der Waals surface area contributed by atoms with Gasteiger partial charge in [-0.3, -0.25) is 0 Å². The normalized spacial score (nSPS) is 17.0. The van der Waals surface area contributed by atoms with Crippen LogP contribution in [0.3, 0.4) is 0 Å². The fraction of sp³-hybridized carbons (Fsp3) is 0.562. The standard InChI is InChI=1S/C16H22N2O2/c17-9-13-4-3-5-14(8-13)10-18-11-15(19)12-20-16-6-1-2-7-16/h3-5,8,15-16,18-19H,1-2,6-7,10-12H2. The third kappa shape index (κ3) is 4.93. The Bertz CT molecular complexity index is 450. The number of nitriles is 1. The largest absolute Gasteiger partial charge is 0.389 e. The molecule has 1 aromatic rings. The first-order valence-corrected chi connectivity index (χ1v) is 7.27. The SMILES string of the molecule is N#Cc1cccc(CNCC(O)COC2CCCC2)c1. The lowest BCUT2D eigenvalue weighted by Crippen LogP contribution is -2.31. The average Bonchev–Trinajstić information content (AvgIpc) is 2.99. The minimum atomic E-state index is -0.477. The number of benzene rings is 1. The Hall–Kier alpha value is -1.41. The molecule has 108 valence electrons. The molecule has 0 aliphatic heterocycles. The van der Waals surface area contributed by atoms with Gasteiger partial charge < -0.3 is 15.2 Å². The second-order valence-electron chi connectivity index (χ2n) is 5.34. The van der Waals surface area contributed by atoms with Crippen LogP contribution in [0.1, 0.15) is 36.8 Å². The van der Waals surface area contributed by atoms with Crippen molar-refractivity contribution >= 4 is 0 Å². The first-order valence-electron chi connectivity index (χ1n) is 7.27. The molecule has 1 unspecified atom stereocenters. The highest BCUT2D eigenvalue weighted by Gasteiger charge is 2.16. The highest BCUT2D eigenvalue weighted by molar-refractivity contribution is 5.32. The lowest BCUT2D eigenvalue weighted by atomic mass is 10.1. The zero-order valence-electron chi connectivity index (χ0n) is 11.7. The molecule has 0 bridgehead atoms. The van der Waals surface area contributed by atoms with Crippen LogP contribution in [0, 0.1) is 11.3 Å². The lowest BCUT2D eigenvalue weighted by molar-refractivity contribution is -0.00549. The third-order valence-corrected chi connectivity index (χ3v) is 3.59. The number of hydrogen-bond acceptors (Lipinski definition) is 4. The molecule has 0 aromatic heterocycles. The fourth-order valence-electron chi connectivity index (χ4n) is 2.50. The van der Waals surface area contributed by atoms with Gasteiger partial charge in [-0.25, -0.2) is 0 Å². The Morgan fingerprint density at radius 2 is 2.20 bits per heavy atom. The van der Waals surface area contributed by atoms with Gasteiger partial charge in [0.05, 0.1) is 30.4 Å². The van der Waals surface area contributed by atoms with Gasteiger partial charge in [0.15, 0.2) is 0 Å². The second-order valence-corrected chi connectivity index (χ2v) is 5.34. The van der Waals surface area contributed by atoms with Crippen molar-refractivity contribution in [3.8, 4) is 6.07 Å². The van der Waals surface area contributed by atoms with E-state index in [0.29, 0.717) is 31.4 Å². The second kappa shape index (κ2) is 8.01. The maximum Gasteiger partial charge on any atom is 0.0991 e. The molecule has 1 aliphatic rings. The Labute approximate surface area is 120 Å². The smallest absolute Gasteiger partial charge is 0.0991 e. The van der Waals surface area contributed by atoms with Crippen LogP contribution < -0.4 is 5.32 Å². The number of nitrogens with one attached hydrogen (secondary N) is 1. The highest BCUT2D eigenvalue weighted by Crippen LogP contribution is 2.20. The van der Waals surface area contributed by atoms with Crippen LogP contribution in [0.15, 0.2) is 24.3 Å². The molecule has 2 rings (SSSR count). The molecular weight excluding hydrogens is 252 g/mol. The molecule has 0 radical (unpaired) electrons. The van der Waals surface area contributed by atoms with E-state index in [9.17, 15) is 5.11 Å². The number of hydrogen-bond donors (Lipinski definition) is 2. The van der Waals surface area contributed by atoms with Crippen LogP contribution in [0.5, 0.6) is 0 Å². The number of aliphatic hydroxyl groups excluding tert-OH is 1. The zero-order valence-corrected chi connectivity index (χ0v) is 11.7. The van der Waals surface area contributed by atoms with Crippen molar-refractivity contribution in [1.29, 1.82) is 5.26 Å². The summed E-state index contributed by atoms with van der Waals surface area (Å²) in [5.74, 6) is 0. The van der Waals surface area contributed by atoms with Crippen LogP contribution >= 0.6 is 0 Å². The van der Waals surface area contributed by atoms with Crippen LogP contribution in [0.4, 0.5) is 0 Å². The average molecular weight is 274 g/mol. The minimum absolute atomic E-state index is 0.344. The predicted molar refractivity (Wildman–Crippen MR) is 77.1 cm³/mol. The van der Waals surface area contributed by atoms with Gasteiger partial charge in [0.25, 0.3) is 0 Å². The van der Waals surface area contributed by atoms with E-state index >= 15 is 0 Å². The quantitative estimate of drug-likeness (QED) is 0.798. The summed E-state index contributed by atoms with van der Waals surface area (Å²) < 4.78 is 5.67. The van der Waals surface area contributed by atoms with E-state index in [-0.39, 0.29) is 0 Å². The Balaban J connectivity index is 1.63. The van der Waals surface area contributed by atoms with Gasteiger partial charge in [-0.15, -0.1) is 0 Å². The van der Waals surface area contributed by atoms with Crippen molar-refractivity contribution in [2.75, 3.05) is 13.2 Å². The van der Waals surface area contributed by atoms with Crippen LogP contribution in [-0.4, -0.2) is 30.5 Å². The molecule has 0 heterocycles. The molecule has 2 N–H and O–H groups in total. The molecule has 0 saturated heterocycles. The van der Waals surface area contributed by atoms with E-state index in [1.807, 2.05) is 18.2 Å². The van der Waals surface area contributed by atoms with E-state index in [4.69, 9.17) is 10.00 Å². The Kier molecular flexibility index (Phi) is 6.00. The number of aliphatic hydroxyl groups is 1. The van der Waals surface area contributed by atoms with Crippen LogP contribution in [0.25, 0.3) is 0 Å². The summed E-state index contributed by atoms with van der Waals surface area (Å²) >= 11 is 0. The third-order valence-electron chi connectivity index (χ3n) is 3.59. The molecule has 1 aromatic carbocycles. The molecule has 0 amide bonds. The van der Waals surface area contributed by atoms with Crippen LogP contribution in [0.2, 0.25) is 0 Å². The van der Waals surface area contributed by atoms with Crippen molar-refractivity contribution in [2.45, 2.75) is 44.4 Å². The van der Waals surface area contributed by atoms with Gasteiger partial charge in [-0.05, 0) is 30.5 Å². The number of rotatable bonds is 7. The predicted octanol–water partition coefficient (Wildman–Crippen LogP) is 1.97. The molecule has 20 heavy (non-hydrogen) atoms.